The van der Waals surface area contributed by atoms with E-state index in [1.54, 1.807) is 6.07 Å². The number of rotatable bonds is 5. The van der Waals surface area contributed by atoms with Crippen LogP contribution in [0, 0.1) is 5.41 Å². The summed E-state index contributed by atoms with van der Waals surface area (Å²) in [7, 11) is 0. The van der Waals surface area contributed by atoms with Gasteiger partial charge in [-0.3, -0.25) is 14.2 Å². The van der Waals surface area contributed by atoms with Gasteiger partial charge in [-0.15, -0.1) is 0 Å². The minimum Gasteiger partial charge on any atom is -0.396 e. The van der Waals surface area contributed by atoms with Crippen molar-refractivity contribution >= 4 is 16.8 Å². The highest BCUT2D eigenvalue weighted by Gasteiger charge is 2.55. The molecular weight excluding hydrogens is 330 g/mol. The molecule has 2 saturated heterocycles. The van der Waals surface area contributed by atoms with Gasteiger partial charge in [0.15, 0.2) is 0 Å². The van der Waals surface area contributed by atoms with E-state index in [0.717, 1.165) is 25.7 Å². The number of aryl methyl sites for hydroxylation is 1. The maximum atomic E-state index is 12.9. The fourth-order valence-corrected chi connectivity index (χ4v) is 4.94. The molecule has 0 unspecified atom stereocenters. The number of amides is 1. The van der Waals surface area contributed by atoms with E-state index in [0.29, 0.717) is 17.4 Å². The van der Waals surface area contributed by atoms with Crippen molar-refractivity contribution in [3.05, 3.63) is 40.9 Å². The summed E-state index contributed by atoms with van der Waals surface area (Å²) >= 11 is 0. The zero-order chi connectivity index (χ0) is 18.3. The van der Waals surface area contributed by atoms with Gasteiger partial charge in [0, 0.05) is 30.5 Å². The molecule has 1 aromatic heterocycles. The number of aromatic nitrogens is 2. The molecule has 6 nitrogen and oxygen atoms in total. The van der Waals surface area contributed by atoms with Crippen molar-refractivity contribution in [2.45, 2.75) is 57.7 Å². The van der Waals surface area contributed by atoms with Gasteiger partial charge >= 0.3 is 0 Å². The van der Waals surface area contributed by atoms with Crippen LogP contribution in [0.15, 0.2) is 35.4 Å². The number of aliphatic hydroxyl groups excluding tert-OH is 1. The van der Waals surface area contributed by atoms with Crippen LogP contribution in [0.4, 0.5) is 0 Å². The lowest BCUT2D eigenvalue weighted by Gasteiger charge is -2.34. The third-order valence-corrected chi connectivity index (χ3v) is 6.46. The van der Waals surface area contributed by atoms with Gasteiger partial charge in [0.1, 0.15) is 0 Å². The van der Waals surface area contributed by atoms with E-state index >= 15 is 0 Å². The Bertz CT molecular complexity index is 887. The number of hydrogen-bond acceptors (Lipinski definition) is 4. The average Bonchev–Trinajstić information content (AvgIpc) is 3.23. The number of para-hydroxylation sites is 1. The van der Waals surface area contributed by atoms with E-state index < -0.39 is 0 Å². The second-order valence-corrected chi connectivity index (χ2v) is 7.64. The van der Waals surface area contributed by atoms with Crippen molar-refractivity contribution in [2.24, 2.45) is 5.41 Å². The fraction of sp³-hybridized carbons (Fsp3) is 0.550. The average molecular weight is 355 g/mol. The highest BCUT2D eigenvalue weighted by Crippen LogP contribution is 2.51. The number of fused-ring (bicyclic) bond motifs is 3. The lowest BCUT2D eigenvalue weighted by molar-refractivity contribution is -0.133. The molecule has 6 heteroatoms. The first-order chi connectivity index (χ1) is 12.6. The van der Waals surface area contributed by atoms with Crippen LogP contribution >= 0.6 is 0 Å². The molecule has 2 aliphatic rings. The number of hydrogen-bond donors (Lipinski definition) is 1. The third kappa shape index (κ3) is 2.55. The first-order valence-corrected chi connectivity index (χ1v) is 9.46. The predicted octanol–water partition coefficient (Wildman–Crippen LogP) is 1.94. The van der Waals surface area contributed by atoms with Gasteiger partial charge in [0.2, 0.25) is 5.91 Å². The summed E-state index contributed by atoms with van der Waals surface area (Å²) in [6, 6.07) is 7.63. The first kappa shape index (κ1) is 17.2. The molecule has 2 bridgehead atoms. The van der Waals surface area contributed by atoms with Crippen LogP contribution < -0.4 is 5.56 Å². The smallest absolute Gasteiger partial charge is 0.261 e. The molecule has 2 aromatic rings. The molecule has 2 fully saturated rings. The van der Waals surface area contributed by atoms with Crippen molar-refractivity contribution < 1.29 is 9.90 Å². The zero-order valence-corrected chi connectivity index (χ0v) is 15.1. The largest absolute Gasteiger partial charge is 0.396 e. The number of aliphatic hydroxyl groups is 1. The zero-order valence-electron chi connectivity index (χ0n) is 15.1. The number of carbonyl (C=O) groups excluding carboxylic acids is 1. The monoisotopic (exact) mass is 355 g/mol. The van der Waals surface area contributed by atoms with Gasteiger partial charge in [-0.25, -0.2) is 4.98 Å². The van der Waals surface area contributed by atoms with Crippen LogP contribution in [-0.2, 0) is 11.3 Å². The molecule has 3 heterocycles. The Kier molecular flexibility index (Phi) is 4.31. The molecule has 26 heavy (non-hydrogen) atoms. The van der Waals surface area contributed by atoms with Crippen LogP contribution in [0.3, 0.4) is 0 Å². The van der Waals surface area contributed by atoms with Gasteiger partial charge in [0.25, 0.3) is 5.56 Å². The maximum Gasteiger partial charge on any atom is 0.261 e. The van der Waals surface area contributed by atoms with Crippen LogP contribution in [0.1, 0.15) is 39.0 Å². The Labute approximate surface area is 152 Å². The molecule has 0 aliphatic carbocycles. The Balaban J connectivity index is 1.50. The van der Waals surface area contributed by atoms with Gasteiger partial charge in [0.05, 0.1) is 23.8 Å². The van der Waals surface area contributed by atoms with Crippen molar-refractivity contribution in [2.75, 3.05) is 6.61 Å². The summed E-state index contributed by atoms with van der Waals surface area (Å²) in [6.07, 6.45) is 5.60. The molecule has 4 rings (SSSR count). The van der Waals surface area contributed by atoms with Crippen LogP contribution in [0.25, 0.3) is 10.9 Å². The van der Waals surface area contributed by atoms with Crippen LogP contribution in [0.5, 0.6) is 0 Å². The van der Waals surface area contributed by atoms with Gasteiger partial charge in [-0.2, -0.15) is 0 Å². The Morgan fingerprint density at radius 3 is 2.88 bits per heavy atom. The third-order valence-electron chi connectivity index (χ3n) is 6.46. The highest BCUT2D eigenvalue weighted by molar-refractivity contribution is 5.78. The molecule has 138 valence electrons. The van der Waals surface area contributed by atoms with Crippen molar-refractivity contribution in [1.82, 2.24) is 14.5 Å². The van der Waals surface area contributed by atoms with Gasteiger partial charge in [-0.05, 0) is 37.8 Å². The summed E-state index contributed by atoms with van der Waals surface area (Å²) in [5, 5.41) is 10.5. The number of benzene rings is 1. The summed E-state index contributed by atoms with van der Waals surface area (Å²) in [4.78, 5) is 31.8. The van der Waals surface area contributed by atoms with E-state index in [9.17, 15) is 14.7 Å². The molecule has 2 aliphatic heterocycles. The van der Waals surface area contributed by atoms with E-state index in [2.05, 4.69) is 11.9 Å². The summed E-state index contributed by atoms with van der Waals surface area (Å²) in [5.74, 6) is 0.0846. The normalized spacial score (nSPS) is 27.4. The second-order valence-electron chi connectivity index (χ2n) is 7.64. The lowest BCUT2D eigenvalue weighted by Crippen LogP contribution is -2.42. The summed E-state index contributed by atoms with van der Waals surface area (Å²) in [5.41, 5.74) is 0.430. The summed E-state index contributed by atoms with van der Waals surface area (Å²) in [6.45, 7) is 2.58. The Hall–Kier alpha value is -2.21. The van der Waals surface area contributed by atoms with E-state index in [1.807, 2.05) is 23.1 Å². The number of nitrogens with zero attached hydrogens (tertiary/aromatic N) is 3. The molecule has 1 aromatic carbocycles. The van der Waals surface area contributed by atoms with E-state index in [-0.39, 0.29) is 42.0 Å². The number of carbonyl (C=O) groups is 1. The van der Waals surface area contributed by atoms with Crippen molar-refractivity contribution in [3.8, 4) is 0 Å². The molecule has 0 radical (unpaired) electrons. The predicted molar refractivity (Wildman–Crippen MR) is 98.7 cm³/mol. The SMILES string of the molecule is CC[C@]1(CO)C[C@H]2CC[C@@H]1N2C(=O)CCn1cnc2ccccc2c1=O. The topological polar surface area (TPSA) is 75.4 Å². The lowest BCUT2D eigenvalue weighted by atomic mass is 9.72. The molecule has 1 amide bonds. The highest BCUT2D eigenvalue weighted by atomic mass is 16.3. The summed E-state index contributed by atoms with van der Waals surface area (Å²) < 4.78 is 1.53. The Morgan fingerprint density at radius 2 is 2.15 bits per heavy atom. The minimum absolute atomic E-state index is 0.0846. The molecule has 1 N–H and O–H groups in total. The standard InChI is InChI=1S/C20H25N3O3/c1-2-20(12-24)11-14-7-8-17(20)23(14)18(25)9-10-22-13-21-16-6-4-3-5-15(16)19(22)26/h3-6,13-14,17,24H,2,7-12H2,1H3/t14-,17+,20-/m1/s1. The Morgan fingerprint density at radius 1 is 1.35 bits per heavy atom. The van der Waals surface area contributed by atoms with Crippen LogP contribution in [0.2, 0.25) is 0 Å². The first-order valence-electron chi connectivity index (χ1n) is 9.46. The fourth-order valence-electron chi connectivity index (χ4n) is 4.94. The molecule has 0 saturated carbocycles. The van der Waals surface area contributed by atoms with E-state index in [1.165, 1.54) is 10.9 Å². The van der Waals surface area contributed by atoms with Gasteiger partial charge < -0.3 is 10.0 Å². The molecular formula is C20H25N3O3. The minimum atomic E-state index is -0.139. The molecule has 3 atom stereocenters. The second kappa shape index (κ2) is 6.50. The van der Waals surface area contributed by atoms with Gasteiger partial charge in [-0.1, -0.05) is 19.1 Å². The van der Waals surface area contributed by atoms with Crippen molar-refractivity contribution in [1.29, 1.82) is 0 Å². The van der Waals surface area contributed by atoms with E-state index in [4.69, 9.17) is 0 Å². The quantitative estimate of drug-likeness (QED) is 0.889. The maximum absolute atomic E-state index is 12.9. The van der Waals surface area contributed by atoms with Crippen LogP contribution in [-0.4, -0.2) is 44.2 Å². The molecule has 0 spiro atoms. The van der Waals surface area contributed by atoms with Crippen molar-refractivity contribution in [3.63, 3.8) is 0 Å².